The second kappa shape index (κ2) is 10.5. The highest BCUT2D eigenvalue weighted by molar-refractivity contribution is 8.00. The van der Waals surface area contributed by atoms with Gasteiger partial charge < -0.3 is 5.32 Å². The van der Waals surface area contributed by atoms with Gasteiger partial charge in [-0.15, -0.1) is 0 Å². The molecular weight excluding hydrogens is 378 g/mol. The van der Waals surface area contributed by atoms with E-state index in [1.54, 1.807) is 0 Å². The minimum Gasteiger partial charge on any atom is -0.349 e. The maximum atomic E-state index is 12.9. The number of benzene rings is 1. The molecule has 4 nitrogen and oxygen atoms in total. The van der Waals surface area contributed by atoms with Crippen molar-refractivity contribution >= 4 is 17.7 Å². The lowest BCUT2D eigenvalue weighted by Gasteiger charge is -2.20. The van der Waals surface area contributed by atoms with E-state index >= 15 is 0 Å². The van der Waals surface area contributed by atoms with E-state index in [9.17, 15) is 10.1 Å². The summed E-state index contributed by atoms with van der Waals surface area (Å²) in [6.07, 6.45) is 7.42. The summed E-state index contributed by atoms with van der Waals surface area (Å²) in [6, 6.07) is 14.2. The average Bonchev–Trinajstić information content (AvgIpc) is 2.73. The number of hydrogen-bond acceptors (Lipinski definition) is 4. The molecule has 1 aromatic heterocycles. The van der Waals surface area contributed by atoms with Crippen molar-refractivity contribution in [3.63, 3.8) is 0 Å². The van der Waals surface area contributed by atoms with Crippen LogP contribution in [0.3, 0.4) is 0 Å². The quantitative estimate of drug-likeness (QED) is 0.655. The Morgan fingerprint density at radius 1 is 1.21 bits per heavy atom. The maximum Gasteiger partial charge on any atom is 0.234 e. The van der Waals surface area contributed by atoms with Crippen LogP contribution in [0.1, 0.15) is 74.4 Å². The van der Waals surface area contributed by atoms with E-state index in [1.807, 2.05) is 50.2 Å². The van der Waals surface area contributed by atoms with Crippen LogP contribution >= 0.6 is 11.8 Å². The van der Waals surface area contributed by atoms with Gasteiger partial charge in [-0.1, -0.05) is 61.9 Å². The zero-order chi connectivity index (χ0) is 20.6. The van der Waals surface area contributed by atoms with Crippen LogP contribution in [0, 0.1) is 11.3 Å². The van der Waals surface area contributed by atoms with Crippen molar-refractivity contribution < 1.29 is 4.79 Å². The number of carbonyl (C=O) groups excluding carboxylic acids is 1. The molecule has 2 aromatic rings. The largest absolute Gasteiger partial charge is 0.349 e. The summed E-state index contributed by atoms with van der Waals surface area (Å²) in [4.78, 5) is 17.8. The molecule has 1 N–H and O–H groups in total. The minimum absolute atomic E-state index is 0.00807. The number of fused-ring (bicyclic) bond motifs is 1. The Balaban J connectivity index is 1.76. The van der Waals surface area contributed by atoms with Crippen molar-refractivity contribution in [3.8, 4) is 6.07 Å². The van der Waals surface area contributed by atoms with Gasteiger partial charge in [-0.05, 0) is 56.2 Å². The topological polar surface area (TPSA) is 65.8 Å². The van der Waals surface area contributed by atoms with Gasteiger partial charge in [-0.25, -0.2) is 4.98 Å². The summed E-state index contributed by atoms with van der Waals surface area (Å²) in [6.45, 7) is 4.00. The molecule has 5 heteroatoms. The molecule has 1 amide bonds. The standard InChI is InChI=1S/C24H29N3OS/c1-3-22(23(28)26-17(2)18-11-8-6-9-12-18)29-24-20(16-25)15-19-13-7-4-5-10-14-21(19)27-24/h6,8-9,11-12,15,17,22H,3-5,7,10,13-14H2,1-2H3,(H,26,28). The molecule has 1 aliphatic rings. The first-order valence-corrected chi connectivity index (χ1v) is 11.4. The molecule has 0 fully saturated rings. The second-order valence-corrected chi connectivity index (χ2v) is 8.82. The smallest absolute Gasteiger partial charge is 0.234 e. The number of aromatic nitrogens is 1. The fraction of sp³-hybridized carbons (Fsp3) is 0.458. The molecule has 2 unspecified atom stereocenters. The van der Waals surface area contributed by atoms with Crippen molar-refractivity contribution in [2.75, 3.05) is 0 Å². The van der Waals surface area contributed by atoms with Crippen LogP contribution in [-0.2, 0) is 17.6 Å². The van der Waals surface area contributed by atoms with Crippen LogP contribution in [-0.4, -0.2) is 16.1 Å². The van der Waals surface area contributed by atoms with E-state index in [0.29, 0.717) is 17.0 Å². The fourth-order valence-electron chi connectivity index (χ4n) is 3.73. The highest BCUT2D eigenvalue weighted by Crippen LogP contribution is 2.31. The summed E-state index contributed by atoms with van der Waals surface area (Å²) >= 11 is 1.42. The van der Waals surface area contributed by atoms with Crippen LogP contribution in [0.2, 0.25) is 0 Å². The van der Waals surface area contributed by atoms with Crippen LogP contribution in [0.25, 0.3) is 0 Å². The summed E-state index contributed by atoms with van der Waals surface area (Å²) in [7, 11) is 0. The summed E-state index contributed by atoms with van der Waals surface area (Å²) < 4.78 is 0. The average molecular weight is 408 g/mol. The van der Waals surface area contributed by atoms with Crippen molar-refractivity contribution in [1.29, 1.82) is 5.26 Å². The molecule has 1 heterocycles. The Bertz CT molecular complexity index is 876. The number of nitrogens with one attached hydrogen (secondary N) is 1. The second-order valence-electron chi connectivity index (χ2n) is 7.63. The van der Waals surface area contributed by atoms with E-state index in [1.165, 1.54) is 30.2 Å². The van der Waals surface area contributed by atoms with E-state index in [4.69, 9.17) is 4.98 Å². The van der Waals surface area contributed by atoms with Crippen LogP contribution in [0.4, 0.5) is 0 Å². The first kappa shape index (κ1) is 21.4. The number of thioether (sulfide) groups is 1. The van der Waals surface area contributed by atoms with Crippen LogP contribution in [0.15, 0.2) is 41.4 Å². The third-order valence-corrected chi connectivity index (χ3v) is 6.83. The van der Waals surface area contributed by atoms with Crippen molar-refractivity contribution in [2.24, 2.45) is 0 Å². The molecular formula is C24H29N3OS. The van der Waals surface area contributed by atoms with Gasteiger partial charge in [0.15, 0.2) is 0 Å². The highest BCUT2D eigenvalue weighted by atomic mass is 32.2. The van der Waals surface area contributed by atoms with E-state index in [0.717, 1.165) is 36.9 Å². The van der Waals surface area contributed by atoms with Gasteiger partial charge in [0.1, 0.15) is 11.1 Å². The molecule has 0 saturated heterocycles. The van der Waals surface area contributed by atoms with Crippen LogP contribution in [0.5, 0.6) is 0 Å². The molecule has 0 saturated carbocycles. The van der Waals surface area contributed by atoms with Gasteiger partial charge in [0.2, 0.25) is 5.91 Å². The number of carbonyl (C=O) groups is 1. The van der Waals surface area contributed by atoms with Gasteiger partial charge in [-0.2, -0.15) is 5.26 Å². The molecule has 0 spiro atoms. The molecule has 1 aliphatic carbocycles. The lowest BCUT2D eigenvalue weighted by atomic mass is 9.96. The number of rotatable bonds is 6. The number of nitrogens with zero attached hydrogens (tertiary/aromatic N) is 2. The first-order valence-electron chi connectivity index (χ1n) is 10.6. The van der Waals surface area contributed by atoms with Gasteiger partial charge >= 0.3 is 0 Å². The van der Waals surface area contributed by atoms with Crippen LogP contribution < -0.4 is 5.32 Å². The molecule has 3 rings (SSSR count). The lowest BCUT2D eigenvalue weighted by Crippen LogP contribution is -2.34. The van der Waals surface area contributed by atoms with Gasteiger partial charge in [0.25, 0.3) is 0 Å². The summed E-state index contributed by atoms with van der Waals surface area (Å²) in [5.41, 5.74) is 3.99. The molecule has 1 aromatic carbocycles. The molecule has 0 radical (unpaired) electrons. The third-order valence-electron chi connectivity index (χ3n) is 5.46. The predicted molar refractivity (Wildman–Crippen MR) is 118 cm³/mol. The first-order chi connectivity index (χ1) is 14.1. The van der Waals surface area contributed by atoms with Crippen molar-refractivity contribution in [3.05, 3.63) is 58.8 Å². The van der Waals surface area contributed by atoms with Crippen molar-refractivity contribution in [1.82, 2.24) is 10.3 Å². The van der Waals surface area contributed by atoms with E-state index in [-0.39, 0.29) is 17.2 Å². The Kier molecular flexibility index (Phi) is 7.71. The van der Waals surface area contributed by atoms with E-state index < -0.39 is 0 Å². The number of pyridine rings is 1. The summed E-state index contributed by atoms with van der Waals surface area (Å²) in [5.74, 6) is -0.00807. The number of nitriles is 1. The minimum atomic E-state index is -0.271. The highest BCUT2D eigenvalue weighted by Gasteiger charge is 2.23. The van der Waals surface area contributed by atoms with E-state index in [2.05, 4.69) is 11.4 Å². The number of aryl methyl sites for hydroxylation is 2. The fourth-order valence-corrected chi connectivity index (χ4v) is 4.73. The monoisotopic (exact) mass is 407 g/mol. The normalized spacial score (nSPS) is 15.9. The van der Waals surface area contributed by atoms with Gasteiger partial charge in [-0.3, -0.25) is 4.79 Å². The van der Waals surface area contributed by atoms with Gasteiger partial charge in [0, 0.05) is 5.69 Å². The third kappa shape index (κ3) is 5.61. The molecule has 2 atom stereocenters. The number of hydrogen-bond donors (Lipinski definition) is 1. The molecule has 0 aliphatic heterocycles. The molecule has 152 valence electrons. The predicted octanol–water partition coefficient (Wildman–Crippen LogP) is 5.36. The maximum absolute atomic E-state index is 12.9. The Morgan fingerprint density at radius 3 is 2.62 bits per heavy atom. The number of amides is 1. The van der Waals surface area contributed by atoms with Crippen molar-refractivity contribution in [2.45, 2.75) is 75.1 Å². The lowest BCUT2D eigenvalue weighted by molar-refractivity contribution is -0.121. The van der Waals surface area contributed by atoms with Gasteiger partial charge in [0.05, 0.1) is 16.9 Å². The zero-order valence-corrected chi connectivity index (χ0v) is 18.1. The Morgan fingerprint density at radius 2 is 1.93 bits per heavy atom. The Hall–Kier alpha value is -2.32. The SMILES string of the molecule is CCC(Sc1nc2c(cc1C#N)CCCCCC2)C(=O)NC(C)c1ccccc1. The molecule has 29 heavy (non-hydrogen) atoms. The summed E-state index contributed by atoms with van der Waals surface area (Å²) in [5, 5.41) is 13.2. The Labute approximate surface area is 178 Å². The zero-order valence-electron chi connectivity index (χ0n) is 17.3. The molecule has 0 bridgehead atoms.